The van der Waals surface area contributed by atoms with E-state index in [1.54, 1.807) is 0 Å². The van der Waals surface area contributed by atoms with Crippen LogP contribution < -0.4 is 0 Å². The average molecular weight is 474 g/mol. The van der Waals surface area contributed by atoms with E-state index < -0.39 is 35.7 Å². The molecule has 0 unspecified atom stereocenters. The van der Waals surface area contributed by atoms with Gasteiger partial charge in [-0.1, -0.05) is 0 Å². The Labute approximate surface area is 162 Å². The van der Waals surface area contributed by atoms with Crippen molar-refractivity contribution >= 4 is 45.6 Å². The van der Waals surface area contributed by atoms with Crippen molar-refractivity contribution in [2.75, 3.05) is 64.0 Å². The van der Waals surface area contributed by atoms with Crippen LogP contribution in [0.3, 0.4) is 0 Å². The van der Waals surface area contributed by atoms with Crippen molar-refractivity contribution < 1.29 is 52.5 Å². The normalized spacial score (nSPS) is 13.2. The maximum absolute atomic E-state index is 5.69. The van der Waals surface area contributed by atoms with Crippen molar-refractivity contribution in [3.63, 3.8) is 0 Å². The molecule has 0 rings (SSSR count). The van der Waals surface area contributed by atoms with E-state index in [4.69, 9.17) is 52.5 Å². The Hall–Kier alpha value is 1.03. The molecule has 12 nitrogen and oxygen atoms in total. The van der Waals surface area contributed by atoms with Gasteiger partial charge < -0.3 is 39.8 Å². The smallest absolute Gasteiger partial charge is 0.354 e. The summed E-state index contributed by atoms with van der Waals surface area (Å²) in [7, 11) is -0.820. The number of rotatable bonds is 15. The summed E-state index contributed by atoms with van der Waals surface area (Å²) < 4.78 is 64.0. The molecule has 0 aliphatic heterocycles. The maximum Gasteiger partial charge on any atom is 0.685 e. The van der Waals surface area contributed by atoms with Gasteiger partial charge in [0.1, 0.15) is 0 Å². The Morgan fingerprint density at radius 1 is 0.385 bits per heavy atom. The van der Waals surface area contributed by atoms with Gasteiger partial charge in [0.15, 0.2) is 0 Å². The van der Waals surface area contributed by atoms with Crippen LogP contribution in [0.1, 0.15) is 0 Å². The molecule has 0 fully saturated rings. The first-order valence-corrected chi connectivity index (χ1v) is 12.7. The molecule has 0 atom stereocenters. The van der Waals surface area contributed by atoms with Gasteiger partial charge in [-0.05, 0) is 0 Å². The van der Waals surface area contributed by atoms with Gasteiger partial charge in [0.25, 0.3) is 0 Å². The van der Waals surface area contributed by atoms with E-state index in [1.807, 2.05) is 0 Å². The molecule has 26 heavy (non-hydrogen) atoms. The highest BCUT2D eigenvalue weighted by atomic mass is 31.2. The lowest BCUT2D eigenvalue weighted by Crippen LogP contribution is -2.51. The van der Waals surface area contributed by atoms with Crippen LogP contribution in [0.15, 0.2) is 0 Å². The molecule has 0 bridgehead atoms. The molecule has 0 aliphatic carbocycles. The standard InChI is InChI=1S/C9H27O12PSi3.P/c1-10-23(11-2,12-3)19-22(20-24(13-4,14-5)15-6)21-25(16-7,17-8)18-9;/h1-9H3;. The summed E-state index contributed by atoms with van der Waals surface area (Å²) in [5.41, 5.74) is 0. The Bertz CT molecular complexity index is 282. The van der Waals surface area contributed by atoms with E-state index in [0.29, 0.717) is 0 Å². The average Bonchev–Trinajstić information content (AvgIpc) is 2.68. The molecule has 3 radical (unpaired) electrons. The minimum atomic E-state index is -3.57. The van der Waals surface area contributed by atoms with Crippen LogP contribution in [0.4, 0.5) is 0 Å². The largest absolute Gasteiger partial charge is 0.685 e. The van der Waals surface area contributed by atoms with Gasteiger partial charge in [-0.25, -0.2) is 0 Å². The van der Waals surface area contributed by atoms with E-state index in [-0.39, 0.29) is 9.90 Å². The van der Waals surface area contributed by atoms with Gasteiger partial charge in [0.05, 0.1) is 0 Å². The van der Waals surface area contributed by atoms with Gasteiger partial charge >= 0.3 is 35.7 Å². The summed E-state index contributed by atoms with van der Waals surface area (Å²) in [5.74, 6) is 0. The fourth-order valence-corrected chi connectivity index (χ4v) is 9.24. The van der Waals surface area contributed by atoms with Crippen LogP contribution in [0.5, 0.6) is 0 Å². The summed E-state index contributed by atoms with van der Waals surface area (Å²) in [6.45, 7) is 0. The zero-order valence-corrected chi connectivity index (χ0v) is 21.1. The monoisotopic (exact) mass is 473 g/mol. The fraction of sp³-hybridized carbons (Fsp3) is 1.00. The zero-order chi connectivity index (χ0) is 19.6. The van der Waals surface area contributed by atoms with Crippen LogP contribution in [-0.4, -0.2) is 91.1 Å². The van der Waals surface area contributed by atoms with Crippen molar-refractivity contribution in [3.8, 4) is 0 Å². The minimum absolute atomic E-state index is 0. The predicted molar refractivity (Wildman–Crippen MR) is 97.4 cm³/mol. The van der Waals surface area contributed by atoms with Crippen molar-refractivity contribution in [2.24, 2.45) is 0 Å². The fourth-order valence-electron chi connectivity index (χ4n) is 1.42. The molecule has 0 saturated carbocycles. The van der Waals surface area contributed by atoms with Crippen LogP contribution in [0.2, 0.25) is 0 Å². The van der Waals surface area contributed by atoms with Gasteiger partial charge in [-0.3, -0.25) is 12.6 Å². The summed E-state index contributed by atoms with van der Waals surface area (Å²) in [5, 5.41) is 0. The minimum Gasteiger partial charge on any atom is -0.354 e. The Balaban J connectivity index is 0. The van der Waals surface area contributed by atoms with Crippen LogP contribution in [0, 0.1) is 0 Å². The molecule has 0 aromatic carbocycles. The molecule has 0 N–H and O–H groups in total. The summed E-state index contributed by atoms with van der Waals surface area (Å²) >= 11 is 0. The third kappa shape index (κ3) is 7.81. The zero-order valence-electron chi connectivity index (χ0n) is 16.3. The number of hydrogen-bond donors (Lipinski definition) is 0. The molecule has 157 valence electrons. The molecule has 0 heterocycles. The second kappa shape index (κ2) is 14.1. The van der Waals surface area contributed by atoms with Gasteiger partial charge in [-0.15, -0.1) is 0 Å². The summed E-state index contributed by atoms with van der Waals surface area (Å²) in [6, 6.07) is 0. The Morgan fingerprint density at radius 2 is 0.538 bits per heavy atom. The molecule has 0 aliphatic rings. The van der Waals surface area contributed by atoms with Gasteiger partial charge in [-0.2, -0.15) is 0 Å². The topological polar surface area (TPSA) is 111 Å². The Morgan fingerprint density at radius 3 is 0.654 bits per heavy atom. The summed E-state index contributed by atoms with van der Waals surface area (Å²) in [6.07, 6.45) is 0. The van der Waals surface area contributed by atoms with Crippen molar-refractivity contribution in [1.29, 1.82) is 0 Å². The molecule has 17 heteroatoms. The molecule has 0 aromatic rings. The first-order valence-electron chi connectivity index (χ1n) is 6.67. The van der Waals surface area contributed by atoms with E-state index >= 15 is 0 Å². The van der Waals surface area contributed by atoms with Crippen molar-refractivity contribution in [2.45, 2.75) is 0 Å². The molecular formula is C9H27O12P2Si3. The van der Waals surface area contributed by atoms with Crippen LogP contribution in [-0.2, 0) is 52.5 Å². The maximum atomic E-state index is 5.69. The first kappa shape index (κ1) is 29.2. The number of hydrogen-bond acceptors (Lipinski definition) is 12. The van der Waals surface area contributed by atoms with Crippen molar-refractivity contribution in [1.82, 2.24) is 0 Å². The van der Waals surface area contributed by atoms with Crippen LogP contribution in [0.25, 0.3) is 0 Å². The van der Waals surface area contributed by atoms with E-state index in [9.17, 15) is 0 Å². The second-order valence-electron chi connectivity index (χ2n) is 3.83. The van der Waals surface area contributed by atoms with E-state index in [2.05, 4.69) is 0 Å². The second-order valence-corrected chi connectivity index (χ2v) is 13.1. The Kier molecular flexibility index (Phi) is 15.8. The lowest BCUT2D eigenvalue weighted by Gasteiger charge is -2.33. The highest BCUT2D eigenvalue weighted by Gasteiger charge is 2.57. The third-order valence-electron chi connectivity index (χ3n) is 2.81. The predicted octanol–water partition coefficient (Wildman–Crippen LogP) is 1.25. The van der Waals surface area contributed by atoms with Gasteiger partial charge in [0.2, 0.25) is 0 Å². The third-order valence-corrected chi connectivity index (χ3v) is 11.8. The molecular weight excluding hydrogens is 446 g/mol. The van der Waals surface area contributed by atoms with Crippen LogP contribution >= 0.6 is 18.5 Å². The first-order chi connectivity index (χ1) is 11.8. The lowest BCUT2D eigenvalue weighted by molar-refractivity contribution is 0.00956. The van der Waals surface area contributed by atoms with E-state index in [1.165, 1.54) is 64.0 Å². The quantitative estimate of drug-likeness (QED) is 0.252. The van der Waals surface area contributed by atoms with Gasteiger partial charge in [0, 0.05) is 73.9 Å². The highest BCUT2D eigenvalue weighted by molar-refractivity contribution is 7.46. The SMILES string of the molecule is CO[Si](OC)(OC)OP(O[Si](OC)(OC)OC)O[Si](OC)(OC)OC.[P]. The molecule has 0 aromatic heterocycles. The summed E-state index contributed by atoms with van der Waals surface area (Å²) in [4.78, 5) is 0. The highest BCUT2D eigenvalue weighted by Crippen LogP contribution is 2.48. The molecule has 0 saturated heterocycles. The lowest BCUT2D eigenvalue weighted by atomic mass is 11.8. The van der Waals surface area contributed by atoms with E-state index in [0.717, 1.165) is 0 Å². The molecule has 0 spiro atoms. The molecule has 0 amide bonds. The van der Waals surface area contributed by atoms with Crippen molar-refractivity contribution in [3.05, 3.63) is 0 Å².